The van der Waals surface area contributed by atoms with Crippen molar-refractivity contribution in [1.29, 1.82) is 0 Å². The summed E-state index contributed by atoms with van der Waals surface area (Å²) in [6.45, 7) is 3.29. The van der Waals surface area contributed by atoms with Crippen LogP contribution in [-0.2, 0) is 6.54 Å². The number of nitrogens with zero attached hydrogens (tertiary/aromatic N) is 4. The number of fused-ring (bicyclic) bond motifs is 1. The molecule has 0 aliphatic rings. The van der Waals surface area contributed by atoms with Crippen LogP contribution in [0.15, 0.2) is 53.7 Å². The Morgan fingerprint density at radius 3 is 2.82 bits per heavy atom. The van der Waals surface area contributed by atoms with E-state index >= 15 is 0 Å². The smallest absolute Gasteiger partial charge is 0.191 e. The molecule has 28 heavy (non-hydrogen) atoms. The summed E-state index contributed by atoms with van der Waals surface area (Å²) in [7, 11) is 0. The Bertz CT molecular complexity index is 912. The second kappa shape index (κ2) is 9.65. The average Bonchev–Trinajstić information content (AvgIpc) is 3.13. The first-order chi connectivity index (χ1) is 13.7. The lowest BCUT2D eigenvalue weighted by molar-refractivity contribution is 0.110. The van der Waals surface area contributed by atoms with E-state index in [4.69, 9.17) is 4.74 Å². The molecule has 1 atom stereocenters. The number of ether oxygens (including phenoxy) is 1. The molecule has 0 fully saturated rings. The van der Waals surface area contributed by atoms with Gasteiger partial charge in [0, 0.05) is 19.3 Å². The predicted molar refractivity (Wildman–Crippen MR) is 104 cm³/mol. The van der Waals surface area contributed by atoms with Crippen LogP contribution in [0.25, 0.3) is 5.65 Å². The number of halogens is 1. The maximum Gasteiger partial charge on any atom is 0.191 e. The first kappa shape index (κ1) is 19.6. The second-order valence-electron chi connectivity index (χ2n) is 6.04. The zero-order valence-corrected chi connectivity index (χ0v) is 15.5. The normalized spacial score (nSPS) is 12.8. The largest absolute Gasteiger partial charge is 0.491 e. The molecule has 0 radical (unpaired) electrons. The number of aliphatic hydroxyl groups is 1. The molecule has 0 spiro atoms. The third kappa shape index (κ3) is 5.40. The summed E-state index contributed by atoms with van der Waals surface area (Å²) in [6, 6.07) is 11.3. The van der Waals surface area contributed by atoms with E-state index in [1.165, 1.54) is 24.3 Å². The van der Waals surface area contributed by atoms with Gasteiger partial charge in [-0.2, -0.15) is 0 Å². The molecule has 0 amide bonds. The molecule has 1 unspecified atom stereocenters. The molecule has 8 nitrogen and oxygen atoms in total. The van der Waals surface area contributed by atoms with Crippen LogP contribution >= 0.6 is 0 Å². The van der Waals surface area contributed by atoms with E-state index in [-0.39, 0.29) is 19.0 Å². The van der Waals surface area contributed by atoms with E-state index in [9.17, 15) is 9.50 Å². The fraction of sp³-hybridized carbons (Fsp3) is 0.316. The molecule has 0 saturated heterocycles. The van der Waals surface area contributed by atoms with Gasteiger partial charge in [-0.1, -0.05) is 6.07 Å². The molecule has 148 valence electrons. The van der Waals surface area contributed by atoms with Gasteiger partial charge in [0.25, 0.3) is 0 Å². The first-order valence-corrected chi connectivity index (χ1v) is 9.03. The third-order valence-electron chi connectivity index (χ3n) is 3.87. The average molecular weight is 386 g/mol. The number of aliphatic hydroxyl groups excluding tert-OH is 1. The van der Waals surface area contributed by atoms with Crippen molar-refractivity contribution in [3.63, 3.8) is 0 Å². The molecule has 0 aliphatic heterocycles. The summed E-state index contributed by atoms with van der Waals surface area (Å²) in [5.74, 6) is 1.44. The molecule has 3 aromatic rings. The molecule has 0 saturated carbocycles. The summed E-state index contributed by atoms with van der Waals surface area (Å²) >= 11 is 0. The van der Waals surface area contributed by atoms with Gasteiger partial charge in [-0.3, -0.25) is 4.40 Å². The minimum atomic E-state index is -0.761. The van der Waals surface area contributed by atoms with Crippen LogP contribution in [0.5, 0.6) is 5.75 Å². The van der Waals surface area contributed by atoms with Gasteiger partial charge in [-0.25, -0.2) is 9.38 Å². The van der Waals surface area contributed by atoms with Gasteiger partial charge >= 0.3 is 0 Å². The molecule has 0 aliphatic carbocycles. The Labute approximate surface area is 162 Å². The Hall–Kier alpha value is -3.20. The summed E-state index contributed by atoms with van der Waals surface area (Å²) in [5.41, 5.74) is 0.763. The number of pyridine rings is 1. The van der Waals surface area contributed by atoms with E-state index < -0.39 is 6.10 Å². The van der Waals surface area contributed by atoms with Crippen molar-refractivity contribution in [2.45, 2.75) is 19.6 Å². The minimum absolute atomic E-state index is 0.0762. The number of aliphatic imine (C=N–C) groups is 1. The highest BCUT2D eigenvalue weighted by molar-refractivity contribution is 5.79. The quantitative estimate of drug-likeness (QED) is 0.400. The molecule has 2 aromatic heterocycles. The van der Waals surface area contributed by atoms with Gasteiger partial charge in [-0.05, 0) is 43.3 Å². The number of nitrogens with one attached hydrogen (secondary N) is 2. The molecule has 3 N–H and O–H groups in total. The molecular weight excluding hydrogens is 363 g/mol. The fourth-order valence-electron chi connectivity index (χ4n) is 2.49. The van der Waals surface area contributed by atoms with Crippen LogP contribution in [-0.4, -0.2) is 51.5 Å². The van der Waals surface area contributed by atoms with E-state index in [1.807, 2.05) is 35.7 Å². The van der Waals surface area contributed by atoms with E-state index in [0.29, 0.717) is 30.6 Å². The van der Waals surface area contributed by atoms with Gasteiger partial charge in [0.15, 0.2) is 17.4 Å². The summed E-state index contributed by atoms with van der Waals surface area (Å²) in [6.07, 6.45) is 1.12. The maximum atomic E-state index is 12.9. The lowest BCUT2D eigenvalue weighted by atomic mass is 10.3. The number of hydrogen-bond acceptors (Lipinski definition) is 5. The molecular formula is C19H23FN6O2. The number of hydrogen-bond donors (Lipinski definition) is 3. The first-order valence-electron chi connectivity index (χ1n) is 9.03. The highest BCUT2D eigenvalue weighted by Crippen LogP contribution is 2.11. The van der Waals surface area contributed by atoms with Crippen molar-refractivity contribution >= 4 is 11.6 Å². The Morgan fingerprint density at radius 2 is 2.04 bits per heavy atom. The lowest BCUT2D eigenvalue weighted by Gasteiger charge is -2.16. The predicted octanol–water partition coefficient (Wildman–Crippen LogP) is 1.36. The van der Waals surface area contributed by atoms with Crippen LogP contribution in [0.3, 0.4) is 0 Å². The number of benzene rings is 1. The molecule has 1 aromatic carbocycles. The van der Waals surface area contributed by atoms with Crippen molar-refractivity contribution in [3.05, 3.63) is 60.3 Å². The zero-order chi connectivity index (χ0) is 19.8. The van der Waals surface area contributed by atoms with Crippen LogP contribution in [0.1, 0.15) is 12.7 Å². The van der Waals surface area contributed by atoms with Gasteiger partial charge in [0.05, 0.1) is 0 Å². The van der Waals surface area contributed by atoms with Crippen LogP contribution < -0.4 is 15.4 Å². The molecule has 0 bridgehead atoms. The molecule has 3 rings (SSSR count). The van der Waals surface area contributed by atoms with E-state index in [1.54, 1.807) is 0 Å². The monoisotopic (exact) mass is 386 g/mol. The van der Waals surface area contributed by atoms with Crippen LogP contribution in [0.2, 0.25) is 0 Å². The number of guanidine groups is 1. The van der Waals surface area contributed by atoms with Crippen molar-refractivity contribution in [2.75, 3.05) is 19.7 Å². The van der Waals surface area contributed by atoms with Crippen molar-refractivity contribution < 1.29 is 14.2 Å². The third-order valence-corrected chi connectivity index (χ3v) is 3.87. The lowest BCUT2D eigenvalue weighted by Crippen LogP contribution is -2.42. The summed E-state index contributed by atoms with van der Waals surface area (Å²) < 4.78 is 20.2. The van der Waals surface area contributed by atoms with Crippen molar-refractivity contribution in [1.82, 2.24) is 25.2 Å². The Kier molecular flexibility index (Phi) is 6.74. The van der Waals surface area contributed by atoms with Gasteiger partial charge in [0.1, 0.15) is 30.8 Å². The van der Waals surface area contributed by atoms with Crippen molar-refractivity contribution in [2.24, 2.45) is 4.99 Å². The summed E-state index contributed by atoms with van der Waals surface area (Å²) in [4.78, 5) is 4.48. The summed E-state index contributed by atoms with van der Waals surface area (Å²) in [5, 5.41) is 24.5. The fourth-order valence-corrected chi connectivity index (χ4v) is 2.49. The maximum absolute atomic E-state index is 12.9. The molecule has 9 heteroatoms. The van der Waals surface area contributed by atoms with E-state index in [0.717, 1.165) is 5.65 Å². The Balaban J connectivity index is 1.52. The number of rotatable bonds is 8. The van der Waals surface area contributed by atoms with E-state index in [2.05, 4.69) is 25.8 Å². The highest BCUT2D eigenvalue weighted by atomic mass is 19.1. The van der Waals surface area contributed by atoms with Crippen LogP contribution in [0, 0.1) is 5.82 Å². The Morgan fingerprint density at radius 1 is 1.21 bits per heavy atom. The minimum Gasteiger partial charge on any atom is -0.491 e. The highest BCUT2D eigenvalue weighted by Gasteiger charge is 2.08. The zero-order valence-electron chi connectivity index (χ0n) is 15.5. The number of aromatic nitrogens is 3. The van der Waals surface area contributed by atoms with Crippen molar-refractivity contribution in [3.8, 4) is 5.75 Å². The topological polar surface area (TPSA) is 96.1 Å². The van der Waals surface area contributed by atoms with Crippen LogP contribution in [0.4, 0.5) is 4.39 Å². The molecule has 2 heterocycles. The standard InChI is InChI=1S/C19H23FN6O2/c1-2-21-19(23-12-18-25-24-17-5-3-4-10-26(17)18)22-11-15(27)13-28-16-8-6-14(20)7-9-16/h3-10,15,27H,2,11-13H2,1H3,(H2,21,22,23). The van der Waals surface area contributed by atoms with Gasteiger partial charge in [-0.15, -0.1) is 10.2 Å². The van der Waals surface area contributed by atoms with Gasteiger partial charge < -0.3 is 20.5 Å². The SMILES string of the molecule is CCNC(=NCc1nnc2ccccn12)NCC(O)COc1ccc(F)cc1. The second-order valence-corrected chi connectivity index (χ2v) is 6.04. The van der Waals surface area contributed by atoms with Gasteiger partial charge in [0.2, 0.25) is 0 Å².